The molecular formula is C10H14N2S. The zero-order valence-corrected chi connectivity index (χ0v) is 8.55. The van der Waals surface area contributed by atoms with Crippen molar-refractivity contribution in [3.63, 3.8) is 0 Å². The van der Waals surface area contributed by atoms with Gasteiger partial charge in [0.15, 0.2) is 0 Å². The second kappa shape index (κ2) is 4.92. The van der Waals surface area contributed by atoms with Gasteiger partial charge in [-0.1, -0.05) is 31.6 Å². The van der Waals surface area contributed by atoms with Crippen LogP contribution in [0.15, 0.2) is 24.4 Å². The molecule has 1 unspecified atom stereocenters. The number of nitrogens with zero attached hydrogens (tertiary/aromatic N) is 1. The fourth-order valence-electron chi connectivity index (χ4n) is 1.31. The minimum absolute atomic E-state index is 0.140. The summed E-state index contributed by atoms with van der Waals surface area (Å²) >= 11 is 5.00. The number of nitrogens with two attached hydrogens (primary N) is 1. The van der Waals surface area contributed by atoms with E-state index in [0.717, 1.165) is 18.5 Å². The fraction of sp³-hybridized carbons (Fsp3) is 0.400. The molecule has 1 heterocycles. The predicted molar refractivity (Wildman–Crippen MR) is 58.7 cm³/mol. The van der Waals surface area contributed by atoms with Crippen LogP contribution >= 0.6 is 12.2 Å². The van der Waals surface area contributed by atoms with Crippen LogP contribution in [0.2, 0.25) is 0 Å². The predicted octanol–water partition coefficient (Wildman–Crippen LogP) is 2.25. The molecule has 0 saturated carbocycles. The highest BCUT2D eigenvalue weighted by atomic mass is 32.1. The summed E-state index contributed by atoms with van der Waals surface area (Å²) in [5.74, 6) is 0.140. The molecule has 2 nitrogen and oxygen atoms in total. The molecule has 0 bridgehead atoms. The SMILES string of the molecule is CCCC(C(N)=S)c1ccccn1. The molecule has 2 N–H and O–H groups in total. The first-order valence-corrected chi connectivity index (χ1v) is 4.86. The first-order valence-electron chi connectivity index (χ1n) is 4.46. The van der Waals surface area contributed by atoms with Gasteiger partial charge in [0, 0.05) is 6.20 Å². The minimum Gasteiger partial charge on any atom is -0.393 e. The molecule has 0 aliphatic rings. The molecule has 0 aliphatic heterocycles. The molecule has 1 aromatic heterocycles. The Morgan fingerprint density at radius 2 is 2.38 bits per heavy atom. The van der Waals surface area contributed by atoms with E-state index in [0.29, 0.717) is 4.99 Å². The lowest BCUT2D eigenvalue weighted by Gasteiger charge is -2.12. The molecule has 0 aliphatic carbocycles. The highest BCUT2D eigenvalue weighted by Gasteiger charge is 2.13. The summed E-state index contributed by atoms with van der Waals surface area (Å²) in [6.07, 6.45) is 3.82. The monoisotopic (exact) mass is 194 g/mol. The van der Waals surface area contributed by atoms with Crippen LogP contribution in [0.25, 0.3) is 0 Å². The lowest BCUT2D eigenvalue weighted by molar-refractivity contribution is 0.729. The van der Waals surface area contributed by atoms with Gasteiger partial charge >= 0.3 is 0 Å². The molecule has 13 heavy (non-hydrogen) atoms. The van der Waals surface area contributed by atoms with Gasteiger partial charge in [-0.3, -0.25) is 4.98 Å². The lowest BCUT2D eigenvalue weighted by atomic mass is 9.99. The molecule has 0 fully saturated rings. The number of hydrogen-bond acceptors (Lipinski definition) is 2. The number of rotatable bonds is 4. The normalized spacial score (nSPS) is 12.4. The zero-order chi connectivity index (χ0) is 9.68. The van der Waals surface area contributed by atoms with E-state index < -0.39 is 0 Å². The van der Waals surface area contributed by atoms with Gasteiger partial charge in [0.05, 0.1) is 16.6 Å². The van der Waals surface area contributed by atoms with Gasteiger partial charge in [-0.25, -0.2) is 0 Å². The van der Waals surface area contributed by atoms with Crippen LogP contribution in [-0.4, -0.2) is 9.97 Å². The van der Waals surface area contributed by atoms with E-state index in [2.05, 4.69) is 11.9 Å². The lowest BCUT2D eigenvalue weighted by Crippen LogP contribution is -2.19. The Labute approximate surface area is 84.2 Å². The largest absolute Gasteiger partial charge is 0.393 e. The average Bonchev–Trinajstić information content (AvgIpc) is 2.15. The van der Waals surface area contributed by atoms with Crippen LogP contribution in [0.5, 0.6) is 0 Å². The maximum absolute atomic E-state index is 5.65. The second-order valence-electron chi connectivity index (χ2n) is 3.00. The van der Waals surface area contributed by atoms with E-state index in [1.54, 1.807) is 6.20 Å². The third-order valence-electron chi connectivity index (χ3n) is 1.97. The molecule has 1 atom stereocenters. The quantitative estimate of drug-likeness (QED) is 0.747. The van der Waals surface area contributed by atoms with E-state index in [9.17, 15) is 0 Å². The van der Waals surface area contributed by atoms with Crippen LogP contribution < -0.4 is 5.73 Å². The third kappa shape index (κ3) is 2.77. The van der Waals surface area contributed by atoms with Crippen LogP contribution in [-0.2, 0) is 0 Å². The highest BCUT2D eigenvalue weighted by Crippen LogP contribution is 2.18. The van der Waals surface area contributed by atoms with Crippen molar-refractivity contribution >= 4 is 17.2 Å². The van der Waals surface area contributed by atoms with Crippen molar-refractivity contribution in [2.45, 2.75) is 25.7 Å². The Kier molecular flexibility index (Phi) is 3.83. The summed E-state index contributed by atoms with van der Waals surface area (Å²) in [7, 11) is 0. The van der Waals surface area contributed by atoms with Crippen molar-refractivity contribution in [2.24, 2.45) is 5.73 Å². The van der Waals surface area contributed by atoms with Crippen molar-refractivity contribution in [2.75, 3.05) is 0 Å². The van der Waals surface area contributed by atoms with Gasteiger partial charge in [-0.15, -0.1) is 0 Å². The molecule has 0 saturated heterocycles. The van der Waals surface area contributed by atoms with E-state index in [1.807, 2.05) is 18.2 Å². The van der Waals surface area contributed by atoms with Crippen molar-refractivity contribution in [1.82, 2.24) is 4.98 Å². The zero-order valence-electron chi connectivity index (χ0n) is 7.73. The van der Waals surface area contributed by atoms with E-state index in [4.69, 9.17) is 18.0 Å². The standard InChI is InChI=1S/C10H14N2S/c1-2-5-8(10(11)13)9-6-3-4-7-12-9/h3-4,6-8H,2,5H2,1H3,(H2,11,13). The molecule has 70 valence electrons. The summed E-state index contributed by atoms with van der Waals surface area (Å²) in [6.45, 7) is 2.12. The van der Waals surface area contributed by atoms with E-state index in [-0.39, 0.29) is 5.92 Å². The van der Waals surface area contributed by atoms with Crippen molar-refractivity contribution in [3.05, 3.63) is 30.1 Å². The molecule has 1 rings (SSSR count). The molecule has 0 amide bonds. The van der Waals surface area contributed by atoms with Gasteiger partial charge in [0.1, 0.15) is 0 Å². The van der Waals surface area contributed by atoms with Gasteiger partial charge in [0.2, 0.25) is 0 Å². The van der Waals surface area contributed by atoms with Gasteiger partial charge < -0.3 is 5.73 Å². The molecule has 0 spiro atoms. The van der Waals surface area contributed by atoms with Crippen molar-refractivity contribution in [1.29, 1.82) is 0 Å². The summed E-state index contributed by atoms with van der Waals surface area (Å²) < 4.78 is 0. The molecular weight excluding hydrogens is 180 g/mol. The van der Waals surface area contributed by atoms with Gasteiger partial charge in [-0.2, -0.15) is 0 Å². The number of thiocarbonyl (C=S) groups is 1. The van der Waals surface area contributed by atoms with Crippen LogP contribution in [0.4, 0.5) is 0 Å². The van der Waals surface area contributed by atoms with Crippen molar-refractivity contribution < 1.29 is 0 Å². The maximum Gasteiger partial charge on any atom is 0.0819 e. The highest BCUT2D eigenvalue weighted by molar-refractivity contribution is 7.80. The number of hydrogen-bond donors (Lipinski definition) is 1. The Morgan fingerprint density at radius 3 is 2.85 bits per heavy atom. The Balaban J connectivity index is 2.82. The van der Waals surface area contributed by atoms with E-state index >= 15 is 0 Å². The number of pyridine rings is 1. The van der Waals surface area contributed by atoms with Crippen LogP contribution in [0.1, 0.15) is 31.4 Å². The molecule has 0 aromatic carbocycles. The fourth-order valence-corrected chi connectivity index (χ4v) is 1.55. The van der Waals surface area contributed by atoms with Gasteiger partial charge in [0.25, 0.3) is 0 Å². The number of aromatic nitrogens is 1. The summed E-state index contributed by atoms with van der Waals surface area (Å²) in [5, 5.41) is 0. The van der Waals surface area contributed by atoms with Gasteiger partial charge in [-0.05, 0) is 18.6 Å². The Hall–Kier alpha value is -0.960. The summed E-state index contributed by atoms with van der Waals surface area (Å²) in [4.78, 5) is 4.79. The summed E-state index contributed by atoms with van der Waals surface area (Å²) in [5.41, 5.74) is 6.63. The molecule has 3 heteroatoms. The van der Waals surface area contributed by atoms with E-state index in [1.165, 1.54) is 0 Å². The second-order valence-corrected chi connectivity index (χ2v) is 3.47. The topological polar surface area (TPSA) is 38.9 Å². The third-order valence-corrected chi connectivity index (χ3v) is 2.25. The first-order chi connectivity index (χ1) is 6.25. The molecule has 0 radical (unpaired) electrons. The average molecular weight is 194 g/mol. The van der Waals surface area contributed by atoms with Crippen LogP contribution in [0, 0.1) is 0 Å². The maximum atomic E-state index is 5.65. The smallest absolute Gasteiger partial charge is 0.0819 e. The first kappa shape index (κ1) is 10.1. The van der Waals surface area contributed by atoms with Crippen molar-refractivity contribution in [3.8, 4) is 0 Å². The Bertz CT molecular complexity index is 272. The minimum atomic E-state index is 0.140. The Morgan fingerprint density at radius 1 is 1.62 bits per heavy atom. The van der Waals surface area contributed by atoms with Crippen LogP contribution in [0.3, 0.4) is 0 Å². The molecule has 1 aromatic rings. The summed E-state index contributed by atoms with van der Waals surface area (Å²) in [6, 6.07) is 5.83.